The zero-order chi connectivity index (χ0) is 20.1. The van der Waals surface area contributed by atoms with Crippen molar-refractivity contribution in [1.29, 1.82) is 0 Å². The maximum absolute atomic E-state index is 12.3. The van der Waals surface area contributed by atoms with Crippen LogP contribution in [0.15, 0.2) is 59.5 Å². The van der Waals surface area contributed by atoms with Crippen molar-refractivity contribution < 1.29 is 18.0 Å². The van der Waals surface area contributed by atoms with Crippen molar-refractivity contribution in [2.45, 2.75) is 31.2 Å². The van der Waals surface area contributed by atoms with E-state index in [0.717, 1.165) is 0 Å². The number of carbonyl (C=O) groups is 2. The summed E-state index contributed by atoms with van der Waals surface area (Å²) in [5.41, 5.74) is 0.279. The van der Waals surface area contributed by atoms with Gasteiger partial charge in [-0.1, -0.05) is 18.2 Å². The van der Waals surface area contributed by atoms with E-state index in [1.54, 1.807) is 18.2 Å². The quantitative estimate of drug-likeness (QED) is 0.704. The van der Waals surface area contributed by atoms with Crippen LogP contribution in [0.25, 0.3) is 0 Å². The molecular formula is C19H23N3O4S. The Kier molecular flexibility index (Phi) is 6.22. The Morgan fingerprint density at radius 3 is 2.07 bits per heavy atom. The van der Waals surface area contributed by atoms with Crippen LogP contribution in [0.1, 0.15) is 31.1 Å². The molecule has 2 aromatic carbocycles. The molecule has 2 aromatic rings. The molecule has 0 aromatic heterocycles. The van der Waals surface area contributed by atoms with Crippen LogP contribution >= 0.6 is 0 Å². The van der Waals surface area contributed by atoms with Crippen LogP contribution < -0.4 is 15.4 Å². The van der Waals surface area contributed by atoms with Crippen molar-refractivity contribution in [3.63, 3.8) is 0 Å². The minimum atomic E-state index is -3.69. The second kappa shape index (κ2) is 8.22. The lowest BCUT2D eigenvalue weighted by Gasteiger charge is -2.20. The molecule has 0 aliphatic carbocycles. The molecule has 7 nitrogen and oxygen atoms in total. The summed E-state index contributed by atoms with van der Waals surface area (Å²) in [6.07, 6.45) is 0. The zero-order valence-corrected chi connectivity index (χ0v) is 16.3. The standard InChI is InChI=1S/C19H23N3O4S/c1-19(2,3)21-17(23)13-20-18(24)14-9-11-15(12-10-14)22-27(25,26)16-7-5-4-6-8-16/h4-12,22H,13H2,1-3H3,(H,20,24)(H,21,23). The summed E-state index contributed by atoms with van der Waals surface area (Å²) in [5.74, 6) is -0.709. The largest absolute Gasteiger partial charge is 0.350 e. The number of rotatable bonds is 6. The highest BCUT2D eigenvalue weighted by Gasteiger charge is 2.16. The van der Waals surface area contributed by atoms with Gasteiger partial charge in [0, 0.05) is 16.8 Å². The van der Waals surface area contributed by atoms with Crippen LogP contribution in [-0.2, 0) is 14.8 Å². The Hall–Kier alpha value is -2.87. The molecule has 3 N–H and O–H groups in total. The molecule has 0 aliphatic rings. The van der Waals surface area contributed by atoms with E-state index in [1.165, 1.54) is 36.4 Å². The smallest absolute Gasteiger partial charge is 0.261 e. The zero-order valence-electron chi connectivity index (χ0n) is 15.4. The molecule has 0 radical (unpaired) electrons. The van der Waals surface area contributed by atoms with Crippen molar-refractivity contribution in [3.8, 4) is 0 Å². The van der Waals surface area contributed by atoms with Gasteiger partial charge in [-0.25, -0.2) is 8.42 Å². The van der Waals surface area contributed by atoms with Crippen LogP contribution in [-0.4, -0.2) is 32.3 Å². The second-order valence-electron chi connectivity index (χ2n) is 6.98. The number of nitrogens with one attached hydrogen (secondary N) is 3. The molecule has 2 amide bonds. The lowest BCUT2D eigenvalue weighted by atomic mass is 10.1. The molecule has 0 atom stereocenters. The molecule has 2 rings (SSSR count). The fraction of sp³-hybridized carbons (Fsp3) is 0.263. The molecule has 8 heteroatoms. The molecule has 144 valence electrons. The number of hydrogen-bond donors (Lipinski definition) is 3. The molecular weight excluding hydrogens is 366 g/mol. The highest BCUT2D eigenvalue weighted by molar-refractivity contribution is 7.92. The third kappa shape index (κ3) is 6.41. The SMILES string of the molecule is CC(C)(C)NC(=O)CNC(=O)c1ccc(NS(=O)(=O)c2ccccc2)cc1. The minimum Gasteiger partial charge on any atom is -0.350 e. The lowest BCUT2D eigenvalue weighted by Crippen LogP contribution is -2.45. The Morgan fingerprint density at radius 1 is 0.926 bits per heavy atom. The molecule has 0 saturated carbocycles. The molecule has 27 heavy (non-hydrogen) atoms. The number of sulfonamides is 1. The van der Waals surface area contributed by atoms with Crippen LogP contribution in [0.4, 0.5) is 5.69 Å². The van der Waals surface area contributed by atoms with Gasteiger partial charge in [0.05, 0.1) is 11.4 Å². The van der Waals surface area contributed by atoms with Crippen LogP contribution in [0, 0.1) is 0 Å². The van der Waals surface area contributed by atoms with Crippen LogP contribution in [0.5, 0.6) is 0 Å². The van der Waals surface area contributed by atoms with E-state index in [0.29, 0.717) is 11.3 Å². The van der Waals surface area contributed by atoms with Crippen molar-refractivity contribution in [2.24, 2.45) is 0 Å². The topological polar surface area (TPSA) is 104 Å². The van der Waals surface area contributed by atoms with Gasteiger partial charge in [-0.2, -0.15) is 0 Å². The monoisotopic (exact) mass is 389 g/mol. The first-order valence-electron chi connectivity index (χ1n) is 8.34. The van der Waals surface area contributed by atoms with E-state index in [2.05, 4.69) is 15.4 Å². The maximum atomic E-state index is 12.3. The number of carbonyl (C=O) groups excluding carboxylic acids is 2. The highest BCUT2D eigenvalue weighted by atomic mass is 32.2. The number of anilines is 1. The van der Waals surface area contributed by atoms with Crippen molar-refractivity contribution >= 4 is 27.5 Å². The van der Waals surface area contributed by atoms with Crippen LogP contribution in [0.2, 0.25) is 0 Å². The predicted molar refractivity (Wildman–Crippen MR) is 104 cm³/mol. The second-order valence-corrected chi connectivity index (χ2v) is 8.66. The molecule has 0 saturated heterocycles. The first-order valence-corrected chi connectivity index (χ1v) is 9.82. The Labute approximate surface area is 159 Å². The van der Waals surface area contributed by atoms with E-state index >= 15 is 0 Å². The van der Waals surface area contributed by atoms with Gasteiger partial charge in [0.15, 0.2) is 0 Å². The summed E-state index contributed by atoms with van der Waals surface area (Å²) in [4.78, 5) is 24.0. The third-order valence-electron chi connectivity index (χ3n) is 3.38. The van der Waals surface area contributed by atoms with E-state index in [1.807, 2.05) is 20.8 Å². The fourth-order valence-electron chi connectivity index (χ4n) is 2.23. The number of hydrogen-bond acceptors (Lipinski definition) is 4. The van der Waals surface area contributed by atoms with E-state index < -0.39 is 15.9 Å². The van der Waals surface area contributed by atoms with Crippen molar-refractivity contribution in [3.05, 3.63) is 60.2 Å². The van der Waals surface area contributed by atoms with Gasteiger partial charge in [0.1, 0.15) is 0 Å². The van der Waals surface area contributed by atoms with E-state index in [9.17, 15) is 18.0 Å². The summed E-state index contributed by atoms with van der Waals surface area (Å²) in [6, 6.07) is 13.9. The Balaban J connectivity index is 1.97. The number of amides is 2. The fourth-order valence-corrected chi connectivity index (χ4v) is 3.31. The average molecular weight is 389 g/mol. The molecule has 0 heterocycles. The van der Waals surface area contributed by atoms with E-state index in [-0.39, 0.29) is 22.9 Å². The molecule has 0 spiro atoms. The molecule has 0 bridgehead atoms. The minimum absolute atomic E-state index is 0.140. The van der Waals surface area contributed by atoms with Gasteiger partial charge in [-0.3, -0.25) is 14.3 Å². The summed E-state index contributed by atoms with van der Waals surface area (Å²) < 4.78 is 27.0. The van der Waals surface area contributed by atoms with Gasteiger partial charge in [-0.15, -0.1) is 0 Å². The average Bonchev–Trinajstić information content (AvgIpc) is 2.59. The Morgan fingerprint density at radius 2 is 1.52 bits per heavy atom. The number of benzene rings is 2. The Bertz CT molecular complexity index is 902. The summed E-state index contributed by atoms with van der Waals surface area (Å²) in [6.45, 7) is 5.41. The first kappa shape index (κ1) is 20.4. The van der Waals surface area contributed by atoms with Crippen molar-refractivity contribution in [2.75, 3.05) is 11.3 Å². The lowest BCUT2D eigenvalue weighted by molar-refractivity contribution is -0.121. The molecule has 0 aliphatic heterocycles. The highest BCUT2D eigenvalue weighted by Crippen LogP contribution is 2.16. The first-order chi connectivity index (χ1) is 12.6. The van der Waals surface area contributed by atoms with Crippen molar-refractivity contribution in [1.82, 2.24) is 10.6 Å². The summed E-state index contributed by atoms with van der Waals surface area (Å²) in [5, 5.41) is 5.27. The summed E-state index contributed by atoms with van der Waals surface area (Å²) >= 11 is 0. The maximum Gasteiger partial charge on any atom is 0.261 e. The normalized spacial score (nSPS) is 11.5. The van der Waals surface area contributed by atoms with Gasteiger partial charge in [-0.05, 0) is 57.2 Å². The third-order valence-corrected chi connectivity index (χ3v) is 4.77. The van der Waals surface area contributed by atoms with E-state index in [4.69, 9.17) is 0 Å². The molecule has 0 fully saturated rings. The molecule has 0 unspecified atom stereocenters. The van der Waals surface area contributed by atoms with Crippen LogP contribution in [0.3, 0.4) is 0 Å². The van der Waals surface area contributed by atoms with Gasteiger partial charge in [0.25, 0.3) is 15.9 Å². The summed E-state index contributed by atoms with van der Waals surface area (Å²) in [7, 11) is -3.69. The van der Waals surface area contributed by atoms with Gasteiger partial charge in [0.2, 0.25) is 5.91 Å². The predicted octanol–water partition coefficient (Wildman–Crippen LogP) is 2.13. The van der Waals surface area contributed by atoms with Gasteiger partial charge >= 0.3 is 0 Å². The van der Waals surface area contributed by atoms with Gasteiger partial charge < -0.3 is 10.6 Å².